The number of halogens is 1. The van der Waals surface area contributed by atoms with Gasteiger partial charge in [-0.1, -0.05) is 0 Å². The summed E-state index contributed by atoms with van der Waals surface area (Å²) in [6.07, 6.45) is 1.36. The van der Waals surface area contributed by atoms with Gasteiger partial charge in [0.15, 0.2) is 5.82 Å². The summed E-state index contributed by atoms with van der Waals surface area (Å²) in [5, 5.41) is 3.74. The summed E-state index contributed by atoms with van der Waals surface area (Å²) in [6.45, 7) is 0. The Morgan fingerprint density at radius 1 is 1.36 bits per heavy atom. The number of aromatic nitrogens is 2. The van der Waals surface area contributed by atoms with Crippen LogP contribution in [0.3, 0.4) is 0 Å². The normalized spacial score (nSPS) is 13.7. The van der Waals surface area contributed by atoms with E-state index in [9.17, 15) is 0 Å². The molecular weight excluding hydrogens is 210 g/mol. The molecule has 0 saturated carbocycles. The molecule has 0 saturated heterocycles. The number of anilines is 1. The van der Waals surface area contributed by atoms with E-state index in [-0.39, 0.29) is 0 Å². The highest BCUT2D eigenvalue weighted by molar-refractivity contribution is 9.18. The van der Waals surface area contributed by atoms with E-state index < -0.39 is 0 Å². The molecule has 1 aliphatic rings. The third-order valence-electron chi connectivity index (χ3n) is 1.30. The van der Waals surface area contributed by atoms with Crippen molar-refractivity contribution in [3.05, 3.63) is 11.9 Å². The Morgan fingerprint density at radius 2 is 2.18 bits per heavy atom. The maximum Gasteiger partial charge on any atom is 0.189 e. The van der Waals surface area contributed by atoms with Gasteiger partial charge in [0.25, 0.3) is 0 Å². The summed E-state index contributed by atoms with van der Waals surface area (Å²) in [7, 11) is 0. The van der Waals surface area contributed by atoms with Gasteiger partial charge in [0.1, 0.15) is 16.8 Å². The molecule has 0 atom stereocenters. The lowest BCUT2D eigenvalue weighted by molar-refractivity contribution is 0.940. The summed E-state index contributed by atoms with van der Waals surface area (Å²) in [5.74, 6) is 0.913. The minimum Gasteiger partial charge on any atom is -0.383 e. The average molecular weight is 213 g/mol. The SMILES string of the molecule is Nc1ncnc2c1C(Br)=N[N]2. The maximum atomic E-state index is 5.54. The van der Waals surface area contributed by atoms with Crippen LogP contribution in [0, 0.1) is 0 Å². The van der Waals surface area contributed by atoms with Crippen molar-refractivity contribution in [1.82, 2.24) is 15.4 Å². The minimum atomic E-state index is 0.395. The first-order chi connectivity index (χ1) is 5.29. The van der Waals surface area contributed by atoms with Crippen molar-refractivity contribution in [2.45, 2.75) is 0 Å². The lowest BCUT2D eigenvalue weighted by Crippen LogP contribution is -2.00. The van der Waals surface area contributed by atoms with E-state index in [1.54, 1.807) is 0 Å². The van der Waals surface area contributed by atoms with E-state index in [1.165, 1.54) is 6.33 Å². The molecule has 0 aromatic carbocycles. The first-order valence-corrected chi connectivity index (χ1v) is 3.63. The zero-order valence-corrected chi connectivity index (χ0v) is 6.91. The fourth-order valence-corrected chi connectivity index (χ4v) is 1.26. The molecule has 2 heterocycles. The fraction of sp³-hybridized carbons (Fsp3) is 0. The van der Waals surface area contributed by atoms with E-state index in [0.29, 0.717) is 21.8 Å². The standard InChI is InChI=1S/C5H3BrN5/c6-3-2-4(7)8-1-9-5(2)11-10-3/h1H,(H2,7,8,9). The van der Waals surface area contributed by atoms with Crippen molar-refractivity contribution in [3.63, 3.8) is 0 Å². The predicted molar refractivity (Wildman–Crippen MR) is 43.7 cm³/mol. The molecule has 0 fully saturated rings. The van der Waals surface area contributed by atoms with Crippen LogP contribution in [0.15, 0.2) is 11.4 Å². The van der Waals surface area contributed by atoms with E-state index >= 15 is 0 Å². The van der Waals surface area contributed by atoms with E-state index in [0.717, 1.165) is 0 Å². The van der Waals surface area contributed by atoms with Gasteiger partial charge in [-0.2, -0.15) is 0 Å². The Morgan fingerprint density at radius 3 is 2.91 bits per heavy atom. The van der Waals surface area contributed by atoms with Gasteiger partial charge in [-0.25, -0.2) is 9.97 Å². The van der Waals surface area contributed by atoms with Crippen LogP contribution in [0.5, 0.6) is 0 Å². The topological polar surface area (TPSA) is 78.3 Å². The van der Waals surface area contributed by atoms with Crippen molar-refractivity contribution in [2.24, 2.45) is 5.10 Å². The highest BCUT2D eigenvalue weighted by atomic mass is 79.9. The first kappa shape index (κ1) is 6.53. The second-order valence-electron chi connectivity index (χ2n) is 1.95. The lowest BCUT2D eigenvalue weighted by Gasteiger charge is -1.96. The van der Waals surface area contributed by atoms with Crippen LogP contribution in [0.2, 0.25) is 0 Å². The second kappa shape index (κ2) is 2.16. The van der Waals surface area contributed by atoms with E-state index in [2.05, 4.69) is 36.4 Å². The second-order valence-corrected chi connectivity index (χ2v) is 2.70. The Labute approximate surface area is 70.9 Å². The third-order valence-corrected chi connectivity index (χ3v) is 1.85. The van der Waals surface area contributed by atoms with E-state index in [1.807, 2.05) is 0 Å². The summed E-state index contributed by atoms with van der Waals surface area (Å²) in [5.41, 5.74) is 9.97. The zero-order valence-electron chi connectivity index (χ0n) is 5.32. The molecule has 2 N–H and O–H groups in total. The van der Waals surface area contributed by atoms with Gasteiger partial charge >= 0.3 is 0 Å². The first-order valence-electron chi connectivity index (χ1n) is 2.84. The van der Waals surface area contributed by atoms with Crippen molar-refractivity contribution in [2.75, 3.05) is 5.73 Å². The van der Waals surface area contributed by atoms with Crippen molar-refractivity contribution in [3.8, 4) is 0 Å². The number of hydrogen-bond donors (Lipinski definition) is 1. The fourth-order valence-electron chi connectivity index (χ4n) is 0.804. The van der Waals surface area contributed by atoms with Crippen LogP contribution >= 0.6 is 15.9 Å². The molecular formula is C5H3BrN5. The number of hydrogen-bond acceptors (Lipinski definition) is 4. The van der Waals surface area contributed by atoms with Crippen LogP contribution in [0.25, 0.3) is 0 Å². The molecule has 6 heteroatoms. The van der Waals surface area contributed by atoms with Crippen LogP contribution in [-0.4, -0.2) is 14.6 Å². The molecule has 1 aromatic heterocycles. The van der Waals surface area contributed by atoms with Gasteiger partial charge in [-0.3, -0.25) is 0 Å². The molecule has 1 radical (unpaired) electrons. The van der Waals surface area contributed by atoms with Gasteiger partial charge < -0.3 is 5.73 Å². The van der Waals surface area contributed by atoms with Gasteiger partial charge in [0, 0.05) is 0 Å². The minimum absolute atomic E-state index is 0.395. The lowest BCUT2D eigenvalue weighted by atomic mass is 10.3. The van der Waals surface area contributed by atoms with E-state index in [4.69, 9.17) is 5.73 Å². The number of rotatable bonds is 0. The average Bonchev–Trinajstić information content (AvgIpc) is 2.34. The number of nitrogens with zero attached hydrogens (tertiary/aromatic N) is 4. The highest BCUT2D eigenvalue weighted by Gasteiger charge is 2.19. The van der Waals surface area contributed by atoms with Crippen molar-refractivity contribution < 1.29 is 0 Å². The molecule has 0 aliphatic carbocycles. The molecule has 0 bridgehead atoms. The summed E-state index contributed by atoms with van der Waals surface area (Å²) >= 11 is 3.18. The summed E-state index contributed by atoms with van der Waals surface area (Å²) in [6, 6.07) is 0. The molecule has 2 rings (SSSR count). The Bertz CT molecular complexity index is 334. The quantitative estimate of drug-likeness (QED) is 0.675. The molecule has 0 amide bonds. The summed E-state index contributed by atoms with van der Waals surface area (Å²) < 4.78 is 0.589. The number of nitrogen functional groups attached to an aromatic ring is 1. The van der Waals surface area contributed by atoms with Gasteiger partial charge in [-0.15, -0.1) is 10.5 Å². The Hall–Kier alpha value is -1.17. The molecule has 55 valence electrons. The molecule has 11 heavy (non-hydrogen) atoms. The highest BCUT2D eigenvalue weighted by Crippen LogP contribution is 2.25. The van der Waals surface area contributed by atoms with Gasteiger partial charge in [0.05, 0.1) is 5.56 Å². The number of nitrogens with two attached hydrogens (primary N) is 1. The van der Waals surface area contributed by atoms with Crippen LogP contribution in [-0.2, 0) is 0 Å². The molecule has 1 aliphatic heterocycles. The van der Waals surface area contributed by atoms with Gasteiger partial charge in [0.2, 0.25) is 0 Å². The maximum absolute atomic E-state index is 5.54. The van der Waals surface area contributed by atoms with Crippen molar-refractivity contribution >= 4 is 32.2 Å². The summed E-state index contributed by atoms with van der Waals surface area (Å²) in [4.78, 5) is 7.67. The Kier molecular flexibility index (Phi) is 1.28. The largest absolute Gasteiger partial charge is 0.383 e. The Balaban J connectivity index is 2.67. The van der Waals surface area contributed by atoms with Crippen molar-refractivity contribution in [1.29, 1.82) is 0 Å². The van der Waals surface area contributed by atoms with Crippen LogP contribution in [0.4, 0.5) is 11.6 Å². The van der Waals surface area contributed by atoms with Crippen LogP contribution < -0.4 is 11.2 Å². The smallest absolute Gasteiger partial charge is 0.189 e. The monoisotopic (exact) mass is 212 g/mol. The molecule has 5 nitrogen and oxygen atoms in total. The molecule has 0 spiro atoms. The third kappa shape index (κ3) is 0.864. The van der Waals surface area contributed by atoms with Gasteiger partial charge in [-0.05, 0) is 15.9 Å². The zero-order chi connectivity index (χ0) is 7.84. The van der Waals surface area contributed by atoms with Crippen LogP contribution in [0.1, 0.15) is 5.56 Å². The number of fused-ring (bicyclic) bond motifs is 1. The molecule has 0 unspecified atom stereocenters. The predicted octanol–water partition coefficient (Wildman–Crippen LogP) is 0.365. The molecule has 1 aromatic rings.